The van der Waals surface area contributed by atoms with Crippen molar-refractivity contribution >= 4 is 5.69 Å². The molecule has 0 aliphatic carbocycles. The van der Waals surface area contributed by atoms with Crippen molar-refractivity contribution in [1.29, 1.82) is 10.5 Å². The van der Waals surface area contributed by atoms with Crippen molar-refractivity contribution in [3.05, 3.63) is 47.8 Å². The molecule has 0 spiro atoms. The van der Waals surface area contributed by atoms with Gasteiger partial charge in [0.2, 0.25) is 0 Å². The molecule has 0 aliphatic heterocycles. The molecule has 6 nitrogen and oxygen atoms in total. The molecule has 0 amide bonds. The van der Waals surface area contributed by atoms with Gasteiger partial charge in [-0.1, -0.05) is 0 Å². The average Bonchev–Trinajstić information content (AvgIpc) is 2.97. The molecule has 1 atom stereocenters. The van der Waals surface area contributed by atoms with E-state index in [0.29, 0.717) is 29.9 Å². The first-order chi connectivity index (χ1) is 9.72. The van der Waals surface area contributed by atoms with Gasteiger partial charge < -0.3 is 10.4 Å². The predicted molar refractivity (Wildman–Crippen MR) is 72.6 cm³/mol. The van der Waals surface area contributed by atoms with E-state index in [1.807, 2.05) is 12.1 Å². The molecule has 1 aromatic heterocycles. The van der Waals surface area contributed by atoms with E-state index in [-0.39, 0.29) is 0 Å². The number of hydrogen-bond acceptors (Lipinski definition) is 5. The maximum absolute atomic E-state index is 9.87. The summed E-state index contributed by atoms with van der Waals surface area (Å²) in [4.78, 5) is 0. The zero-order chi connectivity index (χ0) is 14.4. The number of nitrogens with one attached hydrogen (secondary N) is 1. The number of nitriles is 2. The Labute approximate surface area is 116 Å². The zero-order valence-electron chi connectivity index (χ0n) is 10.7. The fraction of sp³-hybridized carbons (Fsp3) is 0.214. The Bertz CT molecular complexity index is 651. The van der Waals surface area contributed by atoms with Crippen molar-refractivity contribution in [3.8, 4) is 12.1 Å². The highest BCUT2D eigenvalue weighted by Crippen LogP contribution is 2.14. The summed E-state index contributed by atoms with van der Waals surface area (Å²) >= 11 is 0. The second kappa shape index (κ2) is 6.37. The Morgan fingerprint density at radius 3 is 2.75 bits per heavy atom. The van der Waals surface area contributed by atoms with Crippen molar-refractivity contribution in [2.24, 2.45) is 0 Å². The summed E-state index contributed by atoms with van der Waals surface area (Å²) in [5, 5.41) is 34.7. The van der Waals surface area contributed by atoms with Crippen LogP contribution in [0.25, 0.3) is 0 Å². The highest BCUT2D eigenvalue weighted by Gasteiger charge is 2.07. The Kier molecular flexibility index (Phi) is 4.33. The summed E-state index contributed by atoms with van der Waals surface area (Å²) in [7, 11) is 0. The van der Waals surface area contributed by atoms with Crippen LogP contribution in [0.4, 0.5) is 5.69 Å². The molecule has 1 aromatic carbocycles. The summed E-state index contributed by atoms with van der Waals surface area (Å²) in [6.45, 7) is 0.720. The second-order valence-electron chi connectivity index (χ2n) is 4.25. The topological polar surface area (TPSA) is 97.7 Å². The number of aliphatic hydroxyl groups excluding tert-OH is 1. The fourth-order valence-electron chi connectivity index (χ4n) is 1.77. The van der Waals surface area contributed by atoms with Gasteiger partial charge in [0, 0.05) is 24.6 Å². The SMILES string of the molecule is N#Cc1ccc(NCC(O)Cn2cccn2)cc1C#N. The van der Waals surface area contributed by atoms with Crippen LogP contribution in [0, 0.1) is 22.7 Å². The van der Waals surface area contributed by atoms with Gasteiger partial charge in [0.1, 0.15) is 12.1 Å². The van der Waals surface area contributed by atoms with Gasteiger partial charge in [0.25, 0.3) is 0 Å². The number of aromatic nitrogens is 2. The fourth-order valence-corrected chi connectivity index (χ4v) is 1.77. The lowest BCUT2D eigenvalue weighted by molar-refractivity contribution is 0.161. The number of nitrogens with zero attached hydrogens (tertiary/aromatic N) is 4. The average molecular weight is 267 g/mol. The van der Waals surface area contributed by atoms with Crippen LogP contribution in [0.5, 0.6) is 0 Å². The molecule has 20 heavy (non-hydrogen) atoms. The van der Waals surface area contributed by atoms with E-state index < -0.39 is 6.10 Å². The largest absolute Gasteiger partial charge is 0.389 e. The molecule has 0 fully saturated rings. The molecule has 0 saturated heterocycles. The van der Waals surface area contributed by atoms with Gasteiger partial charge in [0.05, 0.1) is 23.8 Å². The van der Waals surface area contributed by atoms with Crippen LogP contribution >= 0.6 is 0 Å². The number of aliphatic hydroxyl groups is 1. The van der Waals surface area contributed by atoms with Crippen LogP contribution in [0.1, 0.15) is 11.1 Å². The third kappa shape index (κ3) is 3.35. The first kappa shape index (κ1) is 13.6. The molecule has 1 heterocycles. The first-order valence-corrected chi connectivity index (χ1v) is 6.06. The molecule has 0 aliphatic rings. The highest BCUT2D eigenvalue weighted by molar-refractivity contribution is 5.56. The van der Waals surface area contributed by atoms with Crippen molar-refractivity contribution in [1.82, 2.24) is 9.78 Å². The van der Waals surface area contributed by atoms with Crippen molar-refractivity contribution in [3.63, 3.8) is 0 Å². The maximum atomic E-state index is 9.87. The standard InChI is InChI=1S/C14H13N5O/c15-7-11-2-3-13(6-12(11)8-16)17-9-14(20)10-19-5-1-4-18-19/h1-6,14,17,20H,9-10H2. The molecular formula is C14H13N5O. The van der Waals surface area contributed by atoms with Crippen LogP contribution in [0.15, 0.2) is 36.7 Å². The van der Waals surface area contributed by atoms with E-state index in [1.54, 1.807) is 41.3 Å². The van der Waals surface area contributed by atoms with Gasteiger partial charge in [-0.05, 0) is 24.3 Å². The minimum atomic E-state index is -0.601. The minimum Gasteiger partial charge on any atom is -0.389 e. The van der Waals surface area contributed by atoms with E-state index in [1.165, 1.54) is 0 Å². The highest BCUT2D eigenvalue weighted by atomic mass is 16.3. The van der Waals surface area contributed by atoms with Gasteiger partial charge in [-0.25, -0.2) is 0 Å². The number of anilines is 1. The van der Waals surface area contributed by atoms with Gasteiger partial charge in [0.15, 0.2) is 0 Å². The minimum absolute atomic E-state index is 0.319. The van der Waals surface area contributed by atoms with E-state index in [2.05, 4.69) is 10.4 Å². The molecule has 1 unspecified atom stereocenters. The Morgan fingerprint density at radius 2 is 2.10 bits per heavy atom. The molecule has 6 heteroatoms. The smallest absolute Gasteiger partial charge is 0.101 e. The molecule has 0 radical (unpaired) electrons. The third-order valence-electron chi connectivity index (χ3n) is 2.76. The number of hydrogen-bond donors (Lipinski definition) is 2. The van der Waals surface area contributed by atoms with Gasteiger partial charge in [-0.15, -0.1) is 0 Å². The van der Waals surface area contributed by atoms with Crippen LogP contribution < -0.4 is 5.32 Å². The van der Waals surface area contributed by atoms with Gasteiger partial charge >= 0.3 is 0 Å². The first-order valence-electron chi connectivity index (χ1n) is 6.06. The van der Waals surface area contributed by atoms with Crippen LogP contribution in [-0.2, 0) is 6.54 Å². The maximum Gasteiger partial charge on any atom is 0.101 e. The molecule has 0 bridgehead atoms. The third-order valence-corrected chi connectivity index (χ3v) is 2.76. The Morgan fingerprint density at radius 1 is 1.30 bits per heavy atom. The van der Waals surface area contributed by atoms with Crippen LogP contribution in [0.2, 0.25) is 0 Å². The predicted octanol–water partition coefficient (Wildman–Crippen LogP) is 1.10. The molecule has 2 aromatic rings. The number of benzene rings is 1. The summed E-state index contributed by atoms with van der Waals surface area (Å²) in [6, 6.07) is 10.6. The van der Waals surface area contributed by atoms with Crippen LogP contribution in [-0.4, -0.2) is 27.5 Å². The zero-order valence-corrected chi connectivity index (χ0v) is 10.7. The van der Waals surface area contributed by atoms with Crippen molar-refractivity contribution < 1.29 is 5.11 Å². The molecular weight excluding hydrogens is 254 g/mol. The number of rotatable bonds is 5. The quantitative estimate of drug-likeness (QED) is 0.845. The van der Waals surface area contributed by atoms with Crippen molar-refractivity contribution in [2.75, 3.05) is 11.9 Å². The molecule has 0 saturated carbocycles. The van der Waals surface area contributed by atoms with Crippen LogP contribution in [0.3, 0.4) is 0 Å². The second-order valence-corrected chi connectivity index (χ2v) is 4.25. The van der Waals surface area contributed by atoms with E-state index in [4.69, 9.17) is 10.5 Å². The summed E-state index contributed by atoms with van der Waals surface area (Å²) < 4.78 is 1.64. The van der Waals surface area contributed by atoms with E-state index in [0.717, 1.165) is 0 Å². The molecule has 2 N–H and O–H groups in total. The van der Waals surface area contributed by atoms with Gasteiger partial charge in [-0.2, -0.15) is 15.6 Å². The Balaban J connectivity index is 1.94. The monoisotopic (exact) mass is 267 g/mol. The van der Waals surface area contributed by atoms with Gasteiger partial charge in [-0.3, -0.25) is 4.68 Å². The Hall–Kier alpha value is -2.83. The normalized spacial score (nSPS) is 11.3. The lowest BCUT2D eigenvalue weighted by Crippen LogP contribution is -2.25. The van der Waals surface area contributed by atoms with E-state index in [9.17, 15) is 5.11 Å². The van der Waals surface area contributed by atoms with E-state index >= 15 is 0 Å². The molecule has 2 rings (SSSR count). The summed E-state index contributed by atoms with van der Waals surface area (Å²) in [6.07, 6.45) is 2.83. The van der Waals surface area contributed by atoms with Crippen molar-refractivity contribution in [2.45, 2.75) is 12.6 Å². The lowest BCUT2D eigenvalue weighted by atomic mass is 10.1. The summed E-state index contributed by atoms with van der Waals surface area (Å²) in [5.74, 6) is 0. The lowest BCUT2D eigenvalue weighted by Gasteiger charge is -2.13. The summed E-state index contributed by atoms with van der Waals surface area (Å²) in [5.41, 5.74) is 1.36. The molecule has 100 valence electrons.